The maximum absolute atomic E-state index is 12.7. The van der Waals surface area contributed by atoms with E-state index in [4.69, 9.17) is 0 Å². The molecular formula is C18H24N4O. The van der Waals surface area contributed by atoms with Crippen LogP contribution in [-0.2, 0) is 17.4 Å². The van der Waals surface area contributed by atoms with Crippen LogP contribution in [0.4, 0.5) is 0 Å². The van der Waals surface area contributed by atoms with E-state index in [0.29, 0.717) is 11.8 Å². The maximum atomic E-state index is 12.7. The second-order valence-electron chi connectivity index (χ2n) is 7.57. The number of nitrogens with one attached hydrogen (secondary N) is 2. The molecule has 1 amide bonds. The molecule has 1 saturated heterocycles. The molecule has 3 atom stereocenters. The van der Waals surface area contributed by atoms with Gasteiger partial charge in [0.1, 0.15) is 0 Å². The zero-order valence-electron chi connectivity index (χ0n) is 14.2. The number of hydrogen-bond acceptors (Lipinski definition) is 3. The zero-order chi connectivity index (χ0) is 16.4. The van der Waals surface area contributed by atoms with Crippen LogP contribution in [0.5, 0.6) is 0 Å². The van der Waals surface area contributed by atoms with Gasteiger partial charge in [-0.25, -0.2) is 0 Å². The highest BCUT2D eigenvalue weighted by Gasteiger charge is 2.57. The number of carbonyl (C=O) groups is 1. The Labute approximate surface area is 136 Å². The molecule has 2 aromatic rings. The van der Waals surface area contributed by atoms with Gasteiger partial charge in [-0.1, -0.05) is 18.2 Å². The molecule has 2 fully saturated rings. The maximum Gasteiger partial charge on any atom is 0.224 e. The third-order valence-electron chi connectivity index (χ3n) is 5.49. The molecule has 4 rings (SSSR count). The van der Waals surface area contributed by atoms with Gasteiger partial charge in [-0.05, 0) is 51.3 Å². The summed E-state index contributed by atoms with van der Waals surface area (Å²) in [5.41, 5.74) is 2.79. The van der Waals surface area contributed by atoms with Crippen molar-refractivity contribution in [1.29, 1.82) is 0 Å². The first-order chi connectivity index (χ1) is 10.9. The van der Waals surface area contributed by atoms with Crippen LogP contribution < -0.4 is 10.6 Å². The topological polar surface area (TPSA) is 59.0 Å². The summed E-state index contributed by atoms with van der Waals surface area (Å²) in [5.74, 6) is 1.46. The fraction of sp³-hybridized carbons (Fsp3) is 0.556. The molecule has 2 N–H and O–H groups in total. The van der Waals surface area contributed by atoms with Gasteiger partial charge < -0.3 is 10.6 Å². The molecule has 1 aliphatic heterocycles. The average Bonchev–Trinajstić information content (AvgIpc) is 2.81. The molecule has 1 aromatic carbocycles. The Morgan fingerprint density at radius 2 is 2.04 bits per heavy atom. The van der Waals surface area contributed by atoms with E-state index in [1.165, 1.54) is 0 Å². The van der Waals surface area contributed by atoms with E-state index in [-0.39, 0.29) is 11.8 Å². The number of hydrogen-bond donors (Lipinski definition) is 2. The lowest BCUT2D eigenvalue weighted by Crippen LogP contribution is -2.44. The van der Waals surface area contributed by atoms with Gasteiger partial charge in [0.15, 0.2) is 0 Å². The van der Waals surface area contributed by atoms with E-state index in [1.54, 1.807) is 0 Å². The summed E-state index contributed by atoms with van der Waals surface area (Å²) < 4.78 is 1.91. The van der Waals surface area contributed by atoms with Crippen molar-refractivity contribution in [1.82, 2.24) is 20.4 Å². The number of aryl methyl sites for hydroxylation is 2. The lowest BCUT2D eigenvalue weighted by molar-refractivity contribution is -0.124. The van der Waals surface area contributed by atoms with Gasteiger partial charge >= 0.3 is 0 Å². The summed E-state index contributed by atoms with van der Waals surface area (Å²) in [6.07, 6.45) is 0. The van der Waals surface area contributed by atoms with Gasteiger partial charge in [0.25, 0.3) is 0 Å². The van der Waals surface area contributed by atoms with Crippen molar-refractivity contribution in [2.24, 2.45) is 24.8 Å². The zero-order valence-corrected chi connectivity index (χ0v) is 14.2. The van der Waals surface area contributed by atoms with E-state index in [9.17, 15) is 4.79 Å². The van der Waals surface area contributed by atoms with E-state index in [0.717, 1.165) is 35.2 Å². The Hall–Kier alpha value is -1.88. The molecular weight excluding hydrogens is 288 g/mol. The number of nitrogens with zero attached hydrogens (tertiary/aromatic N) is 2. The lowest BCUT2D eigenvalue weighted by atomic mass is 9.95. The van der Waals surface area contributed by atoms with Gasteiger partial charge in [0.05, 0.1) is 16.7 Å². The van der Waals surface area contributed by atoms with E-state index in [1.807, 2.05) is 11.7 Å². The highest BCUT2D eigenvalue weighted by molar-refractivity contribution is 5.87. The Bertz CT molecular complexity index is 782. The summed E-state index contributed by atoms with van der Waals surface area (Å²) in [4.78, 5) is 12.7. The summed E-state index contributed by atoms with van der Waals surface area (Å²) in [6.45, 7) is 8.18. The van der Waals surface area contributed by atoms with Crippen LogP contribution in [0.25, 0.3) is 10.9 Å². The van der Waals surface area contributed by atoms with Crippen LogP contribution in [0.3, 0.4) is 0 Å². The molecule has 0 bridgehead atoms. The second-order valence-corrected chi connectivity index (χ2v) is 7.57. The van der Waals surface area contributed by atoms with Crippen LogP contribution in [0.2, 0.25) is 0 Å². The number of amides is 1. The van der Waals surface area contributed by atoms with E-state index < -0.39 is 5.54 Å². The van der Waals surface area contributed by atoms with Crippen LogP contribution in [0, 0.1) is 24.7 Å². The first-order valence-corrected chi connectivity index (χ1v) is 8.35. The van der Waals surface area contributed by atoms with Crippen molar-refractivity contribution in [2.45, 2.75) is 26.3 Å². The smallest absolute Gasteiger partial charge is 0.224 e. The first kappa shape index (κ1) is 14.7. The van der Waals surface area contributed by atoms with Crippen molar-refractivity contribution in [2.75, 3.05) is 13.1 Å². The standard InChI is InChI=1S/C18H24N4O/c1-10-6-5-7-11-15(10)21-22(4)16(11)18(2,3)20-17(23)14-12-8-19-9-13(12)14/h5-7,12-14,19H,8-9H2,1-4H3,(H,20,23)/t12-,13+,14?. The van der Waals surface area contributed by atoms with Gasteiger partial charge in [-0.2, -0.15) is 5.10 Å². The van der Waals surface area contributed by atoms with Gasteiger partial charge in [-0.3, -0.25) is 9.48 Å². The highest BCUT2D eigenvalue weighted by atomic mass is 16.2. The lowest BCUT2D eigenvalue weighted by Gasteiger charge is -2.27. The largest absolute Gasteiger partial charge is 0.345 e. The summed E-state index contributed by atoms with van der Waals surface area (Å²) in [5, 5.41) is 12.4. The van der Waals surface area contributed by atoms with Crippen molar-refractivity contribution in [3.63, 3.8) is 0 Å². The number of carbonyl (C=O) groups excluding carboxylic acids is 1. The normalized spacial score (nSPS) is 26.3. The van der Waals surface area contributed by atoms with Crippen molar-refractivity contribution in [3.05, 3.63) is 29.5 Å². The van der Waals surface area contributed by atoms with E-state index >= 15 is 0 Å². The Balaban J connectivity index is 1.65. The monoisotopic (exact) mass is 312 g/mol. The van der Waals surface area contributed by atoms with Crippen molar-refractivity contribution >= 4 is 16.8 Å². The second kappa shape index (κ2) is 4.81. The molecule has 5 nitrogen and oxygen atoms in total. The number of benzene rings is 1. The summed E-state index contributed by atoms with van der Waals surface area (Å²) >= 11 is 0. The fourth-order valence-electron chi connectivity index (χ4n) is 4.36. The van der Waals surface area contributed by atoms with Crippen LogP contribution in [-0.4, -0.2) is 28.8 Å². The SMILES string of the molecule is Cc1cccc2c(C(C)(C)NC(=O)C3[C@H]4CNC[C@@H]34)n(C)nc12. The van der Waals surface area contributed by atoms with Gasteiger partial charge in [-0.15, -0.1) is 0 Å². The number of rotatable bonds is 3. The molecule has 5 heteroatoms. The average molecular weight is 312 g/mol. The molecule has 2 heterocycles. The fourth-order valence-corrected chi connectivity index (χ4v) is 4.36. The molecule has 122 valence electrons. The Kier molecular flexibility index (Phi) is 3.07. The highest BCUT2D eigenvalue weighted by Crippen LogP contribution is 2.49. The van der Waals surface area contributed by atoms with Crippen LogP contribution in [0.15, 0.2) is 18.2 Å². The van der Waals surface area contributed by atoms with Crippen molar-refractivity contribution < 1.29 is 4.79 Å². The molecule has 0 spiro atoms. The number of aromatic nitrogens is 2. The number of fused-ring (bicyclic) bond motifs is 2. The molecule has 1 saturated carbocycles. The molecule has 1 aliphatic carbocycles. The molecule has 0 radical (unpaired) electrons. The minimum Gasteiger partial charge on any atom is -0.345 e. The van der Waals surface area contributed by atoms with Gasteiger partial charge in [0, 0.05) is 18.4 Å². The van der Waals surface area contributed by atoms with E-state index in [2.05, 4.69) is 54.7 Å². The molecule has 1 aromatic heterocycles. The van der Waals surface area contributed by atoms with Crippen molar-refractivity contribution in [3.8, 4) is 0 Å². The molecule has 2 aliphatic rings. The van der Waals surface area contributed by atoms with Gasteiger partial charge in [0.2, 0.25) is 5.91 Å². The Morgan fingerprint density at radius 1 is 1.35 bits per heavy atom. The first-order valence-electron chi connectivity index (χ1n) is 8.35. The summed E-state index contributed by atoms with van der Waals surface area (Å²) in [7, 11) is 1.96. The van der Waals surface area contributed by atoms with Crippen LogP contribution >= 0.6 is 0 Å². The molecule has 23 heavy (non-hydrogen) atoms. The van der Waals surface area contributed by atoms with Crippen LogP contribution in [0.1, 0.15) is 25.1 Å². The molecule has 1 unspecified atom stereocenters. The minimum atomic E-state index is -0.446. The quantitative estimate of drug-likeness (QED) is 0.907. The third-order valence-corrected chi connectivity index (χ3v) is 5.49. The number of piperidine rings is 1. The summed E-state index contributed by atoms with van der Waals surface area (Å²) in [6, 6.07) is 6.22. The third kappa shape index (κ3) is 2.17. The predicted octanol–water partition coefficient (Wildman–Crippen LogP) is 1.70. The predicted molar refractivity (Wildman–Crippen MR) is 90.0 cm³/mol. The Morgan fingerprint density at radius 3 is 2.74 bits per heavy atom. The minimum absolute atomic E-state index is 0.188.